The first-order chi connectivity index (χ1) is 11.1. The largest absolute Gasteiger partial charge is 0.342 e. The number of nitrogens with zero attached hydrogens (tertiary/aromatic N) is 2. The van der Waals surface area contributed by atoms with Crippen LogP contribution in [0.15, 0.2) is 30.3 Å². The Bertz CT molecular complexity index is 541. The molecule has 1 aromatic rings. The van der Waals surface area contributed by atoms with Crippen molar-refractivity contribution in [2.75, 3.05) is 26.2 Å². The monoisotopic (exact) mass is 387 g/mol. The zero-order valence-corrected chi connectivity index (χ0v) is 16.7. The number of nitrogens with two attached hydrogens (primary N) is 1. The van der Waals surface area contributed by atoms with Crippen molar-refractivity contribution in [1.29, 1.82) is 0 Å². The maximum absolute atomic E-state index is 12.3. The molecule has 2 N–H and O–H groups in total. The molecule has 0 radical (unpaired) electrons. The van der Waals surface area contributed by atoms with E-state index in [1.165, 1.54) is 24.9 Å². The van der Waals surface area contributed by atoms with Crippen LogP contribution < -0.4 is 5.73 Å². The molecule has 4 nitrogen and oxygen atoms in total. The molecule has 0 saturated carbocycles. The van der Waals surface area contributed by atoms with E-state index in [1.54, 1.807) is 0 Å². The number of piperidine rings is 1. The van der Waals surface area contributed by atoms with Gasteiger partial charge in [0.1, 0.15) is 0 Å². The minimum Gasteiger partial charge on any atom is -0.342 e. The molecule has 1 amide bonds. The molecule has 2 aliphatic heterocycles. The molecule has 0 aliphatic carbocycles. The average molecular weight is 388 g/mol. The average Bonchev–Trinajstić information content (AvgIpc) is 2.91. The molecular weight excluding hydrogens is 357 g/mol. The van der Waals surface area contributed by atoms with Crippen LogP contribution in [0.4, 0.5) is 0 Å². The minimum absolute atomic E-state index is 0. The van der Waals surface area contributed by atoms with Crippen LogP contribution in [0.3, 0.4) is 0 Å². The lowest BCUT2D eigenvalue weighted by molar-refractivity contribution is -0.131. The van der Waals surface area contributed by atoms with Gasteiger partial charge in [0.25, 0.3) is 0 Å². The Balaban J connectivity index is 0.00000156. The number of hydrogen-bond donors (Lipinski definition) is 1. The first-order valence-electron chi connectivity index (χ1n) is 8.86. The fraction of sp³-hybridized carbons (Fsp3) is 0.632. The van der Waals surface area contributed by atoms with E-state index in [1.807, 2.05) is 6.92 Å². The summed E-state index contributed by atoms with van der Waals surface area (Å²) in [6.45, 7) is 7.05. The maximum Gasteiger partial charge on any atom is 0.224 e. The van der Waals surface area contributed by atoms with Crippen molar-refractivity contribution < 1.29 is 4.79 Å². The van der Waals surface area contributed by atoms with Crippen LogP contribution in [0.2, 0.25) is 0 Å². The first kappa shape index (κ1) is 22.2. The van der Waals surface area contributed by atoms with Gasteiger partial charge in [0, 0.05) is 44.1 Å². The van der Waals surface area contributed by atoms with Gasteiger partial charge in [0.05, 0.1) is 0 Å². The number of rotatable bonds is 4. The van der Waals surface area contributed by atoms with Gasteiger partial charge in [-0.15, -0.1) is 24.8 Å². The Morgan fingerprint density at radius 1 is 1.16 bits per heavy atom. The van der Waals surface area contributed by atoms with E-state index >= 15 is 0 Å². The Morgan fingerprint density at radius 3 is 2.56 bits per heavy atom. The summed E-state index contributed by atoms with van der Waals surface area (Å²) >= 11 is 0. The SMILES string of the molecule is CC(N)CC(=O)N1CCC2(CCCN(Cc3ccccc3)C2)C1.Cl.Cl. The Hall–Kier alpha value is -0.810. The van der Waals surface area contributed by atoms with Gasteiger partial charge in [-0.05, 0) is 38.3 Å². The van der Waals surface area contributed by atoms with Crippen molar-refractivity contribution in [2.45, 2.75) is 45.2 Å². The zero-order valence-electron chi connectivity index (χ0n) is 15.0. The molecule has 1 spiro atoms. The number of benzene rings is 1. The van der Waals surface area contributed by atoms with Crippen molar-refractivity contribution in [3.05, 3.63) is 35.9 Å². The fourth-order valence-corrected chi connectivity index (χ4v) is 4.17. The van der Waals surface area contributed by atoms with E-state index < -0.39 is 0 Å². The van der Waals surface area contributed by atoms with Gasteiger partial charge >= 0.3 is 0 Å². The van der Waals surface area contributed by atoms with E-state index in [0.29, 0.717) is 11.8 Å². The molecule has 2 unspecified atom stereocenters. The lowest BCUT2D eigenvalue weighted by Crippen LogP contribution is -2.45. The van der Waals surface area contributed by atoms with Gasteiger partial charge in [-0.1, -0.05) is 30.3 Å². The lowest BCUT2D eigenvalue weighted by Gasteiger charge is -2.40. The van der Waals surface area contributed by atoms with Gasteiger partial charge in [-0.2, -0.15) is 0 Å². The lowest BCUT2D eigenvalue weighted by atomic mass is 9.79. The molecule has 2 atom stereocenters. The number of likely N-dealkylation sites (tertiary alicyclic amines) is 2. The molecule has 2 heterocycles. The van der Waals surface area contributed by atoms with E-state index in [0.717, 1.165) is 32.6 Å². The van der Waals surface area contributed by atoms with Gasteiger partial charge < -0.3 is 10.6 Å². The second kappa shape index (κ2) is 9.77. The second-order valence-electron chi connectivity index (χ2n) is 7.55. The molecule has 2 aliphatic rings. The number of carbonyl (C=O) groups is 1. The van der Waals surface area contributed by atoms with E-state index in [9.17, 15) is 4.79 Å². The molecule has 0 aromatic heterocycles. The van der Waals surface area contributed by atoms with Gasteiger partial charge in [0.15, 0.2) is 0 Å². The van der Waals surface area contributed by atoms with Gasteiger partial charge in [0.2, 0.25) is 5.91 Å². The van der Waals surface area contributed by atoms with Crippen molar-refractivity contribution in [1.82, 2.24) is 9.80 Å². The predicted octanol–water partition coefficient (Wildman–Crippen LogP) is 3.08. The topological polar surface area (TPSA) is 49.6 Å². The van der Waals surface area contributed by atoms with E-state index in [2.05, 4.69) is 40.1 Å². The molecule has 2 saturated heterocycles. The third kappa shape index (κ3) is 5.85. The van der Waals surface area contributed by atoms with Crippen molar-refractivity contribution in [3.8, 4) is 0 Å². The van der Waals surface area contributed by atoms with Crippen molar-refractivity contribution >= 4 is 30.7 Å². The molecule has 1 aromatic carbocycles. The van der Waals surface area contributed by atoms with Crippen molar-refractivity contribution in [3.63, 3.8) is 0 Å². The summed E-state index contributed by atoms with van der Waals surface area (Å²) in [5.41, 5.74) is 7.47. The normalized spacial score (nSPS) is 24.5. The van der Waals surface area contributed by atoms with Crippen LogP contribution in [0.25, 0.3) is 0 Å². The summed E-state index contributed by atoms with van der Waals surface area (Å²) in [6.07, 6.45) is 4.11. The summed E-state index contributed by atoms with van der Waals surface area (Å²) in [6, 6.07) is 10.7. The number of halogens is 2. The van der Waals surface area contributed by atoms with Crippen LogP contribution in [-0.4, -0.2) is 47.9 Å². The molecule has 142 valence electrons. The summed E-state index contributed by atoms with van der Waals surface area (Å²) in [4.78, 5) is 16.9. The summed E-state index contributed by atoms with van der Waals surface area (Å²) in [5.74, 6) is 0.233. The van der Waals surface area contributed by atoms with Crippen LogP contribution >= 0.6 is 24.8 Å². The third-order valence-corrected chi connectivity index (χ3v) is 5.28. The standard InChI is InChI=1S/C19H29N3O.2ClH/c1-16(20)12-18(23)22-11-9-19(15-22)8-5-10-21(14-19)13-17-6-3-2-4-7-17;;/h2-4,6-7,16H,5,8-15,20H2,1H3;2*1H. The molecule has 6 heteroatoms. The quantitative estimate of drug-likeness (QED) is 0.863. The number of hydrogen-bond acceptors (Lipinski definition) is 3. The van der Waals surface area contributed by atoms with Gasteiger partial charge in [-0.3, -0.25) is 9.69 Å². The minimum atomic E-state index is -0.0417. The smallest absolute Gasteiger partial charge is 0.224 e. The highest BCUT2D eigenvalue weighted by molar-refractivity contribution is 5.85. The Morgan fingerprint density at radius 2 is 1.88 bits per heavy atom. The van der Waals surface area contributed by atoms with Crippen LogP contribution in [-0.2, 0) is 11.3 Å². The summed E-state index contributed by atoms with van der Waals surface area (Å²) in [7, 11) is 0. The number of amides is 1. The molecule has 2 fully saturated rings. The summed E-state index contributed by atoms with van der Waals surface area (Å²) in [5, 5.41) is 0. The third-order valence-electron chi connectivity index (χ3n) is 5.28. The van der Waals surface area contributed by atoms with Crippen molar-refractivity contribution in [2.24, 2.45) is 11.1 Å². The Kier molecular flexibility index (Phi) is 8.69. The van der Waals surface area contributed by atoms with E-state index in [-0.39, 0.29) is 36.8 Å². The molecule has 0 bridgehead atoms. The molecule has 25 heavy (non-hydrogen) atoms. The first-order valence-corrected chi connectivity index (χ1v) is 8.86. The predicted molar refractivity (Wildman–Crippen MR) is 107 cm³/mol. The van der Waals surface area contributed by atoms with Crippen LogP contribution in [0.5, 0.6) is 0 Å². The fourth-order valence-electron chi connectivity index (χ4n) is 4.17. The molecular formula is C19H31Cl2N3O. The number of carbonyl (C=O) groups excluding carboxylic acids is 1. The molecule has 3 rings (SSSR count). The van der Waals surface area contributed by atoms with Gasteiger partial charge in [-0.25, -0.2) is 0 Å². The van der Waals surface area contributed by atoms with Crippen LogP contribution in [0.1, 0.15) is 38.2 Å². The highest BCUT2D eigenvalue weighted by Crippen LogP contribution is 2.39. The van der Waals surface area contributed by atoms with E-state index in [4.69, 9.17) is 5.73 Å². The highest BCUT2D eigenvalue weighted by Gasteiger charge is 2.42. The summed E-state index contributed by atoms with van der Waals surface area (Å²) < 4.78 is 0. The second-order valence-corrected chi connectivity index (χ2v) is 7.55. The maximum atomic E-state index is 12.3. The highest BCUT2D eigenvalue weighted by atomic mass is 35.5. The Labute approximate surface area is 163 Å². The van der Waals surface area contributed by atoms with Crippen LogP contribution in [0, 0.1) is 5.41 Å². The zero-order chi connectivity index (χ0) is 16.3.